The largest absolute Gasteiger partial charge is 0.306 e. The van der Waals surface area contributed by atoms with E-state index in [0.29, 0.717) is 6.04 Å². The summed E-state index contributed by atoms with van der Waals surface area (Å²) in [5, 5.41) is 3.44. The molecule has 1 unspecified atom stereocenters. The van der Waals surface area contributed by atoms with Crippen LogP contribution < -0.4 is 5.32 Å². The van der Waals surface area contributed by atoms with Crippen molar-refractivity contribution in [3.63, 3.8) is 0 Å². The highest BCUT2D eigenvalue weighted by Gasteiger charge is 2.14. The SMILES string of the molecule is C=C(CC)CC(NC(C)C)c1ccc(F)cn1. The van der Waals surface area contributed by atoms with Crippen molar-refractivity contribution in [2.45, 2.75) is 45.7 Å². The van der Waals surface area contributed by atoms with Gasteiger partial charge >= 0.3 is 0 Å². The molecule has 0 saturated carbocycles. The number of nitrogens with one attached hydrogen (secondary N) is 1. The Kier molecular flexibility index (Phi) is 5.29. The second-order valence-corrected chi connectivity index (χ2v) is 4.58. The maximum Gasteiger partial charge on any atom is 0.141 e. The zero-order valence-corrected chi connectivity index (χ0v) is 10.8. The molecule has 0 radical (unpaired) electrons. The number of hydrogen-bond acceptors (Lipinski definition) is 2. The lowest BCUT2D eigenvalue weighted by Crippen LogP contribution is -2.29. The summed E-state index contributed by atoms with van der Waals surface area (Å²) in [5.74, 6) is -0.300. The molecule has 0 spiro atoms. The second kappa shape index (κ2) is 6.50. The van der Waals surface area contributed by atoms with E-state index in [9.17, 15) is 4.39 Å². The van der Waals surface area contributed by atoms with E-state index in [0.717, 1.165) is 18.5 Å². The summed E-state index contributed by atoms with van der Waals surface area (Å²) in [6, 6.07) is 3.66. The van der Waals surface area contributed by atoms with E-state index < -0.39 is 0 Å². The Bertz CT molecular complexity index is 357. The minimum atomic E-state index is -0.300. The van der Waals surface area contributed by atoms with E-state index >= 15 is 0 Å². The van der Waals surface area contributed by atoms with Gasteiger partial charge in [-0.1, -0.05) is 32.9 Å². The van der Waals surface area contributed by atoms with Gasteiger partial charge in [-0.2, -0.15) is 0 Å². The molecule has 1 N–H and O–H groups in total. The van der Waals surface area contributed by atoms with E-state index in [4.69, 9.17) is 0 Å². The third-order valence-corrected chi connectivity index (χ3v) is 2.63. The molecular formula is C14H21FN2. The number of rotatable bonds is 6. The van der Waals surface area contributed by atoms with Crippen molar-refractivity contribution >= 4 is 0 Å². The van der Waals surface area contributed by atoms with Crippen LogP contribution in [0.3, 0.4) is 0 Å². The van der Waals surface area contributed by atoms with Gasteiger partial charge in [-0.3, -0.25) is 4.98 Å². The Balaban J connectivity index is 2.81. The van der Waals surface area contributed by atoms with E-state index in [1.54, 1.807) is 6.07 Å². The summed E-state index contributed by atoms with van der Waals surface area (Å²) in [7, 11) is 0. The van der Waals surface area contributed by atoms with Crippen LogP contribution in [0.2, 0.25) is 0 Å². The topological polar surface area (TPSA) is 24.9 Å². The summed E-state index contributed by atoms with van der Waals surface area (Å²) in [6.45, 7) is 10.3. The molecule has 1 rings (SSSR count). The van der Waals surface area contributed by atoms with E-state index in [1.807, 2.05) is 0 Å². The van der Waals surface area contributed by atoms with Crippen LogP contribution in [0.5, 0.6) is 0 Å². The number of pyridine rings is 1. The molecule has 1 aromatic heterocycles. The molecule has 1 heterocycles. The van der Waals surface area contributed by atoms with Crippen LogP contribution in [0, 0.1) is 5.82 Å². The average molecular weight is 236 g/mol. The van der Waals surface area contributed by atoms with Crippen molar-refractivity contribution in [1.82, 2.24) is 10.3 Å². The monoisotopic (exact) mass is 236 g/mol. The van der Waals surface area contributed by atoms with Gasteiger partial charge in [-0.05, 0) is 25.0 Å². The minimum absolute atomic E-state index is 0.114. The van der Waals surface area contributed by atoms with Gasteiger partial charge in [0.25, 0.3) is 0 Å². The Hall–Kier alpha value is -1.22. The van der Waals surface area contributed by atoms with Gasteiger partial charge in [0.2, 0.25) is 0 Å². The number of halogens is 1. The normalized spacial score (nSPS) is 12.8. The highest BCUT2D eigenvalue weighted by atomic mass is 19.1. The average Bonchev–Trinajstić information content (AvgIpc) is 2.28. The molecule has 17 heavy (non-hydrogen) atoms. The van der Waals surface area contributed by atoms with Gasteiger partial charge in [0.15, 0.2) is 0 Å². The number of aromatic nitrogens is 1. The first-order chi connectivity index (χ1) is 8.02. The third kappa shape index (κ3) is 4.65. The fourth-order valence-electron chi connectivity index (χ4n) is 1.68. The first kappa shape index (κ1) is 13.8. The highest BCUT2D eigenvalue weighted by molar-refractivity contribution is 5.13. The molecule has 0 amide bonds. The van der Waals surface area contributed by atoms with E-state index in [2.05, 4.69) is 37.7 Å². The Morgan fingerprint density at radius 2 is 2.18 bits per heavy atom. The lowest BCUT2D eigenvalue weighted by atomic mass is 10.0. The van der Waals surface area contributed by atoms with Gasteiger partial charge in [0.1, 0.15) is 5.82 Å². The summed E-state index contributed by atoms with van der Waals surface area (Å²) < 4.78 is 12.8. The molecular weight excluding hydrogens is 215 g/mol. The van der Waals surface area contributed by atoms with Crippen LogP contribution >= 0.6 is 0 Å². The summed E-state index contributed by atoms with van der Waals surface area (Å²) in [4.78, 5) is 4.14. The molecule has 0 saturated heterocycles. The zero-order chi connectivity index (χ0) is 12.8. The van der Waals surface area contributed by atoms with Crippen LogP contribution in [-0.4, -0.2) is 11.0 Å². The van der Waals surface area contributed by atoms with Crippen LogP contribution in [0.1, 0.15) is 45.3 Å². The van der Waals surface area contributed by atoms with Gasteiger partial charge in [0, 0.05) is 6.04 Å². The fourth-order valence-corrected chi connectivity index (χ4v) is 1.68. The van der Waals surface area contributed by atoms with Crippen molar-refractivity contribution in [3.05, 3.63) is 42.0 Å². The van der Waals surface area contributed by atoms with Crippen LogP contribution in [0.4, 0.5) is 4.39 Å². The Morgan fingerprint density at radius 1 is 1.47 bits per heavy atom. The maximum atomic E-state index is 12.8. The highest BCUT2D eigenvalue weighted by Crippen LogP contribution is 2.21. The van der Waals surface area contributed by atoms with Gasteiger partial charge in [-0.15, -0.1) is 0 Å². The predicted octanol–water partition coefficient (Wildman–Crippen LogP) is 3.62. The molecule has 3 heteroatoms. The fraction of sp³-hybridized carbons (Fsp3) is 0.500. The maximum absolute atomic E-state index is 12.8. The van der Waals surface area contributed by atoms with Crippen LogP contribution in [0.15, 0.2) is 30.5 Å². The molecule has 0 aromatic carbocycles. The lowest BCUT2D eigenvalue weighted by molar-refractivity contribution is 0.461. The molecule has 0 aliphatic rings. The van der Waals surface area contributed by atoms with Crippen LogP contribution in [0.25, 0.3) is 0 Å². The first-order valence-electron chi connectivity index (χ1n) is 6.07. The molecule has 2 nitrogen and oxygen atoms in total. The van der Waals surface area contributed by atoms with Gasteiger partial charge < -0.3 is 5.32 Å². The van der Waals surface area contributed by atoms with Crippen molar-refractivity contribution in [2.24, 2.45) is 0 Å². The smallest absolute Gasteiger partial charge is 0.141 e. The molecule has 0 fully saturated rings. The molecule has 0 aliphatic heterocycles. The van der Waals surface area contributed by atoms with Crippen molar-refractivity contribution < 1.29 is 4.39 Å². The predicted molar refractivity (Wildman–Crippen MR) is 69.3 cm³/mol. The summed E-state index contributed by atoms with van der Waals surface area (Å²) in [5.41, 5.74) is 2.05. The zero-order valence-electron chi connectivity index (χ0n) is 10.8. The first-order valence-corrected chi connectivity index (χ1v) is 6.07. The summed E-state index contributed by atoms with van der Waals surface area (Å²) >= 11 is 0. The number of hydrogen-bond donors (Lipinski definition) is 1. The van der Waals surface area contributed by atoms with Crippen molar-refractivity contribution in [2.75, 3.05) is 0 Å². The quantitative estimate of drug-likeness (QED) is 0.763. The van der Waals surface area contributed by atoms with Crippen molar-refractivity contribution in [3.8, 4) is 0 Å². The minimum Gasteiger partial charge on any atom is -0.306 e. The molecule has 94 valence electrons. The standard InChI is InChI=1S/C14H21FN2/c1-5-11(4)8-14(17-10(2)3)13-7-6-12(15)9-16-13/h6-7,9-10,14,17H,4-5,8H2,1-3H3. The van der Waals surface area contributed by atoms with Gasteiger partial charge in [0.05, 0.1) is 17.9 Å². The molecule has 0 aliphatic carbocycles. The van der Waals surface area contributed by atoms with Crippen LogP contribution in [-0.2, 0) is 0 Å². The summed E-state index contributed by atoms with van der Waals surface area (Å²) in [6.07, 6.45) is 3.06. The number of nitrogens with zero attached hydrogens (tertiary/aromatic N) is 1. The second-order valence-electron chi connectivity index (χ2n) is 4.58. The lowest BCUT2D eigenvalue weighted by Gasteiger charge is -2.21. The molecule has 0 bridgehead atoms. The Morgan fingerprint density at radius 3 is 2.65 bits per heavy atom. The molecule has 1 atom stereocenters. The van der Waals surface area contributed by atoms with Gasteiger partial charge in [-0.25, -0.2) is 4.39 Å². The van der Waals surface area contributed by atoms with E-state index in [-0.39, 0.29) is 11.9 Å². The third-order valence-electron chi connectivity index (χ3n) is 2.63. The Labute approximate surface area is 103 Å². The van der Waals surface area contributed by atoms with Crippen molar-refractivity contribution in [1.29, 1.82) is 0 Å². The van der Waals surface area contributed by atoms with E-state index in [1.165, 1.54) is 17.8 Å². The molecule has 1 aromatic rings.